The minimum Gasteiger partial charge on any atom is -0.385 e. The lowest BCUT2D eigenvalue weighted by Crippen LogP contribution is -1.73. The van der Waals surface area contributed by atoms with Crippen LogP contribution in [0.1, 0.15) is 69.2 Å². The Morgan fingerprint density at radius 3 is 0.786 bits per heavy atom. The summed E-state index contributed by atoms with van der Waals surface area (Å²) in [6.07, 6.45) is 0. The summed E-state index contributed by atoms with van der Waals surface area (Å²) in [5.41, 5.74) is 2.55. The highest BCUT2D eigenvalue weighted by molar-refractivity contribution is 5.62. The third kappa shape index (κ3) is 32.1. The van der Waals surface area contributed by atoms with Crippen LogP contribution in [0.3, 0.4) is 0 Å². The first-order chi connectivity index (χ1) is 13.8. The molecule has 0 bridgehead atoms. The zero-order chi connectivity index (χ0) is 23.1. The molecule has 0 aromatic heterocycles. The topological polar surface area (TPSA) is 18.5 Å². The van der Waals surface area contributed by atoms with Crippen molar-refractivity contribution >= 4 is 0 Å². The lowest BCUT2D eigenvalue weighted by Gasteiger charge is -1.98. The normalized spacial score (nSPS) is 7.14. The predicted octanol–water partition coefficient (Wildman–Crippen LogP) is 8.76. The largest absolute Gasteiger partial charge is 0.385 e. The van der Waals surface area contributed by atoms with Crippen molar-refractivity contribution in [3.63, 3.8) is 0 Å². The van der Waals surface area contributed by atoms with E-state index in [4.69, 9.17) is 0 Å². The van der Waals surface area contributed by atoms with Gasteiger partial charge in [-0.25, -0.2) is 0 Å². The number of rotatable bonds is 3. The van der Waals surface area contributed by atoms with Crippen LogP contribution in [0.25, 0.3) is 11.1 Å². The lowest BCUT2D eigenvalue weighted by molar-refractivity contribution is 0.215. The summed E-state index contributed by atoms with van der Waals surface area (Å²) in [4.78, 5) is 0. The molecule has 0 amide bonds. The Kier molecular flexibility index (Phi) is 59.2. The number of methoxy groups -OCH3 is 2. The molecule has 0 radical (unpaired) electrons. The van der Waals surface area contributed by atoms with Gasteiger partial charge in [0.2, 0.25) is 0 Å². The molecule has 0 aliphatic heterocycles. The molecule has 0 fully saturated rings. The van der Waals surface area contributed by atoms with Crippen molar-refractivity contribution in [2.75, 3.05) is 27.4 Å². The van der Waals surface area contributed by atoms with Crippen LogP contribution in [0.5, 0.6) is 0 Å². The predicted molar refractivity (Wildman–Crippen MR) is 132 cm³/mol. The van der Waals surface area contributed by atoms with Gasteiger partial charge in [0.15, 0.2) is 0 Å². The summed E-state index contributed by atoms with van der Waals surface area (Å²) in [7, 11) is 3.36. The fraction of sp³-hybridized carbons (Fsp3) is 0.538. The molecule has 2 heteroatoms. The molecule has 28 heavy (non-hydrogen) atoms. The second kappa shape index (κ2) is 44.6. The van der Waals surface area contributed by atoms with E-state index < -0.39 is 0 Å². The Hall–Kier alpha value is -1.64. The van der Waals surface area contributed by atoms with E-state index in [1.165, 1.54) is 11.1 Å². The molecule has 0 spiro atoms. The number of hydrogen-bond donors (Lipinski definition) is 0. The zero-order valence-corrected chi connectivity index (χ0v) is 21.0. The van der Waals surface area contributed by atoms with E-state index in [1.54, 1.807) is 14.2 Å². The summed E-state index contributed by atoms with van der Waals surface area (Å²) < 4.78 is 9.08. The molecule has 2 nitrogen and oxygen atoms in total. The van der Waals surface area contributed by atoms with Crippen LogP contribution >= 0.6 is 0 Å². The fourth-order valence-electron chi connectivity index (χ4n) is 1.26. The van der Waals surface area contributed by atoms with Crippen molar-refractivity contribution in [1.82, 2.24) is 0 Å². The minimum absolute atomic E-state index is 0.819. The smallest absolute Gasteiger partial charge is 0.0433 e. The van der Waals surface area contributed by atoms with Gasteiger partial charge >= 0.3 is 0 Å². The Morgan fingerprint density at radius 2 is 0.643 bits per heavy atom. The molecular weight excluding hydrogens is 344 g/mol. The Morgan fingerprint density at radius 1 is 0.464 bits per heavy atom. The summed E-state index contributed by atoms with van der Waals surface area (Å²) in [5, 5.41) is 0. The highest BCUT2D eigenvalue weighted by Crippen LogP contribution is 2.17. The molecule has 0 atom stereocenters. The SMILES string of the molecule is CC.CC.CC.CC.CCOC.CCOC.c1ccc(-c2ccccc2)cc1. The van der Waals surface area contributed by atoms with Crippen molar-refractivity contribution < 1.29 is 9.47 Å². The lowest BCUT2D eigenvalue weighted by atomic mass is 10.1. The molecule has 0 N–H and O–H groups in total. The highest BCUT2D eigenvalue weighted by atomic mass is 16.5. The van der Waals surface area contributed by atoms with E-state index in [-0.39, 0.29) is 0 Å². The average Bonchev–Trinajstić information content (AvgIpc) is 2.85. The first-order valence-electron chi connectivity index (χ1n) is 10.9. The fourth-order valence-corrected chi connectivity index (χ4v) is 1.26. The van der Waals surface area contributed by atoms with Gasteiger partial charge < -0.3 is 9.47 Å². The van der Waals surface area contributed by atoms with E-state index in [2.05, 4.69) is 58.0 Å². The minimum atomic E-state index is 0.819. The molecule has 0 heterocycles. The molecule has 0 unspecified atom stereocenters. The quantitative estimate of drug-likeness (QED) is 0.518. The van der Waals surface area contributed by atoms with Crippen molar-refractivity contribution in [1.29, 1.82) is 0 Å². The van der Waals surface area contributed by atoms with Crippen LogP contribution in [0.4, 0.5) is 0 Å². The average molecular weight is 395 g/mol. The van der Waals surface area contributed by atoms with Crippen LogP contribution in [0.2, 0.25) is 0 Å². The Balaban J connectivity index is -0.0000000933. The van der Waals surface area contributed by atoms with Gasteiger partial charge in [0.25, 0.3) is 0 Å². The monoisotopic (exact) mass is 394 g/mol. The van der Waals surface area contributed by atoms with Gasteiger partial charge in [-0.2, -0.15) is 0 Å². The molecule has 0 saturated carbocycles. The van der Waals surface area contributed by atoms with Gasteiger partial charge in [-0.05, 0) is 25.0 Å². The van der Waals surface area contributed by atoms with Crippen LogP contribution in [-0.4, -0.2) is 27.4 Å². The van der Waals surface area contributed by atoms with Crippen LogP contribution in [0.15, 0.2) is 60.7 Å². The third-order valence-electron chi connectivity index (χ3n) is 2.46. The second-order valence-corrected chi connectivity index (χ2v) is 3.89. The van der Waals surface area contributed by atoms with E-state index in [9.17, 15) is 0 Å². The molecule has 2 aromatic rings. The van der Waals surface area contributed by atoms with Crippen molar-refractivity contribution in [3.8, 4) is 11.1 Å². The van der Waals surface area contributed by atoms with Crippen molar-refractivity contribution in [2.24, 2.45) is 0 Å². The third-order valence-corrected chi connectivity index (χ3v) is 2.46. The molecule has 166 valence electrons. The van der Waals surface area contributed by atoms with E-state index >= 15 is 0 Å². The summed E-state index contributed by atoms with van der Waals surface area (Å²) >= 11 is 0. The summed E-state index contributed by atoms with van der Waals surface area (Å²) in [6.45, 7) is 21.6. The first kappa shape index (κ1) is 37.2. The maximum Gasteiger partial charge on any atom is 0.0433 e. The van der Waals surface area contributed by atoms with Crippen LogP contribution in [-0.2, 0) is 9.47 Å². The van der Waals surface area contributed by atoms with Gasteiger partial charge in [0, 0.05) is 27.4 Å². The van der Waals surface area contributed by atoms with E-state index in [0.717, 1.165) is 13.2 Å². The van der Waals surface area contributed by atoms with Gasteiger partial charge in [0.1, 0.15) is 0 Å². The Bertz CT molecular complexity index is 354. The maximum absolute atomic E-state index is 4.54. The van der Waals surface area contributed by atoms with Gasteiger partial charge in [0.05, 0.1) is 0 Å². The van der Waals surface area contributed by atoms with Crippen molar-refractivity contribution in [2.45, 2.75) is 69.2 Å². The first-order valence-corrected chi connectivity index (χ1v) is 10.9. The summed E-state index contributed by atoms with van der Waals surface area (Å²) in [6, 6.07) is 20.8. The number of benzene rings is 2. The molecule has 2 rings (SSSR count). The van der Waals surface area contributed by atoms with Crippen LogP contribution < -0.4 is 0 Å². The molecule has 0 aliphatic carbocycles. The highest BCUT2D eigenvalue weighted by Gasteiger charge is 1.91. The maximum atomic E-state index is 4.54. The van der Waals surface area contributed by atoms with E-state index in [1.807, 2.05) is 81.4 Å². The number of hydrogen-bond acceptors (Lipinski definition) is 2. The van der Waals surface area contributed by atoms with Gasteiger partial charge in [-0.1, -0.05) is 116 Å². The van der Waals surface area contributed by atoms with Crippen molar-refractivity contribution in [3.05, 3.63) is 60.7 Å². The Labute approximate surface area is 178 Å². The standard InChI is InChI=1S/C12H10.2C3H8O.4C2H6/c1-3-7-11(8-4-1)12-9-5-2-6-10-12;2*1-3-4-2;4*1-2/h1-10H;2*3H2,1-2H3;4*1-2H3. The van der Waals surface area contributed by atoms with E-state index in [0.29, 0.717) is 0 Å². The van der Waals surface area contributed by atoms with Gasteiger partial charge in [-0.3, -0.25) is 0 Å². The number of ether oxygens (including phenoxy) is 2. The molecule has 2 aromatic carbocycles. The molecular formula is C26H50O2. The summed E-state index contributed by atoms with van der Waals surface area (Å²) in [5.74, 6) is 0. The zero-order valence-electron chi connectivity index (χ0n) is 21.0. The molecule has 0 aliphatic rings. The molecule has 0 saturated heterocycles. The van der Waals surface area contributed by atoms with Crippen LogP contribution in [0, 0.1) is 0 Å². The van der Waals surface area contributed by atoms with Gasteiger partial charge in [-0.15, -0.1) is 0 Å². The second-order valence-electron chi connectivity index (χ2n) is 3.89.